The highest BCUT2D eigenvalue weighted by atomic mass is 32.2. The number of nitrogens with one attached hydrogen (secondary N) is 1. The van der Waals surface area contributed by atoms with Gasteiger partial charge in [-0.25, -0.2) is 0 Å². The smallest absolute Gasteiger partial charge is 0.305 e. The number of methoxy groups -OCH3 is 1. The lowest BCUT2D eigenvalue weighted by Crippen LogP contribution is -2.40. The normalized spacial score (nSPS) is 17.4. The molecule has 0 saturated carbocycles. The van der Waals surface area contributed by atoms with Crippen LogP contribution in [0.1, 0.15) is 32.6 Å². The second-order valence-corrected chi connectivity index (χ2v) is 7.59. The van der Waals surface area contributed by atoms with Gasteiger partial charge in [0.1, 0.15) is 0 Å². The van der Waals surface area contributed by atoms with Gasteiger partial charge in [-0.1, -0.05) is 18.2 Å². The van der Waals surface area contributed by atoms with E-state index in [1.165, 1.54) is 18.4 Å². The molecule has 1 N–H and O–H groups in total. The minimum atomic E-state index is -0.140. The Kier molecular flexibility index (Phi) is 9.39. The number of rotatable bonds is 9. The molecule has 1 saturated heterocycles. The second kappa shape index (κ2) is 11.8. The summed E-state index contributed by atoms with van der Waals surface area (Å²) < 4.78 is 4.67. The summed E-state index contributed by atoms with van der Waals surface area (Å²) in [4.78, 5) is 19.6. The summed E-state index contributed by atoms with van der Waals surface area (Å²) in [5.74, 6) is 2.72. The Bertz CT molecular complexity index is 565. The lowest BCUT2D eigenvalue weighted by Gasteiger charge is -2.21. The molecule has 1 aliphatic rings. The number of esters is 1. The van der Waals surface area contributed by atoms with Crippen molar-refractivity contribution in [2.24, 2.45) is 10.9 Å². The Morgan fingerprint density at radius 1 is 1.35 bits per heavy atom. The van der Waals surface area contributed by atoms with Crippen molar-refractivity contribution in [3.05, 3.63) is 30.3 Å². The zero-order valence-corrected chi connectivity index (χ0v) is 16.8. The Morgan fingerprint density at radius 2 is 2.15 bits per heavy atom. The van der Waals surface area contributed by atoms with Crippen LogP contribution < -0.4 is 5.32 Å². The highest BCUT2D eigenvalue weighted by Crippen LogP contribution is 2.25. The van der Waals surface area contributed by atoms with Crippen molar-refractivity contribution < 1.29 is 9.53 Å². The summed E-state index contributed by atoms with van der Waals surface area (Å²) in [6.45, 7) is 5.85. The lowest BCUT2D eigenvalue weighted by molar-refractivity contribution is -0.140. The van der Waals surface area contributed by atoms with Crippen LogP contribution in [0.2, 0.25) is 0 Å². The third kappa shape index (κ3) is 7.28. The minimum absolute atomic E-state index is 0.140. The molecule has 1 aromatic rings. The van der Waals surface area contributed by atoms with Crippen molar-refractivity contribution in [1.29, 1.82) is 0 Å². The standard InChI is InChI=1S/C20H31N3O2S/c1-3-21-20(22-13-8-7-11-19(24)25-2)23-14-12-17(15-23)16-26-18-9-5-4-6-10-18/h4-6,9-10,17H,3,7-8,11-16H2,1-2H3,(H,21,22). The van der Waals surface area contributed by atoms with Crippen LogP contribution >= 0.6 is 11.8 Å². The molecule has 2 rings (SSSR count). The van der Waals surface area contributed by atoms with Gasteiger partial charge in [-0.2, -0.15) is 0 Å². The van der Waals surface area contributed by atoms with Crippen LogP contribution in [-0.2, 0) is 9.53 Å². The van der Waals surface area contributed by atoms with Crippen LogP contribution in [0.25, 0.3) is 0 Å². The van der Waals surface area contributed by atoms with E-state index in [0.29, 0.717) is 12.3 Å². The van der Waals surface area contributed by atoms with Gasteiger partial charge >= 0.3 is 5.97 Å². The Hall–Kier alpha value is -1.69. The van der Waals surface area contributed by atoms with Crippen molar-refractivity contribution in [2.75, 3.05) is 39.0 Å². The Balaban J connectivity index is 1.74. The zero-order valence-electron chi connectivity index (χ0n) is 15.9. The first-order valence-electron chi connectivity index (χ1n) is 9.50. The van der Waals surface area contributed by atoms with Gasteiger partial charge in [0.2, 0.25) is 0 Å². The average molecular weight is 378 g/mol. The van der Waals surface area contributed by atoms with Crippen molar-refractivity contribution >= 4 is 23.7 Å². The predicted molar refractivity (Wildman–Crippen MR) is 109 cm³/mol. The molecule has 0 amide bonds. The van der Waals surface area contributed by atoms with E-state index in [1.807, 2.05) is 11.8 Å². The van der Waals surface area contributed by atoms with Crippen LogP contribution in [-0.4, -0.2) is 55.9 Å². The van der Waals surface area contributed by atoms with E-state index in [4.69, 9.17) is 4.99 Å². The Morgan fingerprint density at radius 3 is 2.88 bits per heavy atom. The lowest BCUT2D eigenvalue weighted by atomic mass is 10.2. The van der Waals surface area contributed by atoms with Crippen molar-refractivity contribution in [3.63, 3.8) is 0 Å². The third-order valence-corrected chi connectivity index (χ3v) is 5.67. The number of aliphatic imine (C=N–C) groups is 1. The van der Waals surface area contributed by atoms with Crippen LogP contribution in [0.3, 0.4) is 0 Å². The first-order valence-corrected chi connectivity index (χ1v) is 10.5. The van der Waals surface area contributed by atoms with Gasteiger partial charge in [-0.05, 0) is 44.2 Å². The van der Waals surface area contributed by atoms with Crippen molar-refractivity contribution in [2.45, 2.75) is 37.5 Å². The van der Waals surface area contributed by atoms with Crippen molar-refractivity contribution in [1.82, 2.24) is 10.2 Å². The topological polar surface area (TPSA) is 53.9 Å². The molecule has 6 heteroatoms. The molecule has 144 valence electrons. The van der Waals surface area contributed by atoms with E-state index in [0.717, 1.165) is 50.7 Å². The zero-order chi connectivity index (χ0) is 18.6. The molecular formula is C20H31N3O2S. The molecule has 0 aliphatic carbocycles. The first-order chi connectivity index (χ1) is 12.7. The van der Waals surface area contributed by atoms with Crippen LogP contribution in [0, 0.1) is 5.92 Å². The number of carbonyl (C=O) groups is 1. The number of guanidine groups is 1. The van der Waals surface area contributed by atoms with E-state index in [1.54, 1.807) is 0 Å². The molecular weight excluding hydrogens is 346 g/mol. The number of thioether (sulfide) groups is 1. The van der Waals surface area contributed by atoms with Crippen LogP contribution in [0.15, 0.2) is 40.2 Å². The summed E-state index contributed by atoms with van der Waals surface area (Å²) in [6, 6.07) is 10.6. The third-order valence-electron chi connectivity index (χ3n) is 4.43. The fourth-order valence-electron chi connectivity index (χ4n) is 2.99. The van der Waals surface area contributed by atoms with Crippen LogP contribution in [0.4, 0.5) is 0 Å². The molecule has 0 spiro atoms. The number of benzene rings is 1. The fraction of sp³-hybridized carbons (Fsp3) is 0.600. The SMILES string of the molecule is CCNC(=NCCCCC(=O)OC)N1CCC(CSc2ccccc2)C1. The molecule has 1 unspecified atom stereocenters. The summed E-state index contributed by atoms with van der Waals surface area (Å²) in [5.41, 5.74) is 0. The van der Waals surface area contributed by atoms with E-state index in [2.05, 4.69) is 52.2 Å². The number of hydrogen-bond acceptors (Lipinski definition) is 4. The molecule has 0 aromatic heterocycles. The monoisotopic (exact) mass is 377 g/mol. The minimum Gasteiger partial charge on any atom is -0.469 e. The van der Waals surface area contributed by atoms with E-state index in [9.17, 15) is 4.79 Å². The molecule has 26 heavy (non-hydrogen) atoms. The molecule has 5 nitrogen and oxygen atoms in total. The average Bonchev–Trinajstić information content (AvgIpc) is 3.14. The van der Waals surface area contributed by atoms with Gasteiger partial charge in [-0.15, -0.1) is 11.8 Å². The van der Waals surface area contributed by atoms with Crippen molar-refractivity contribution in [3.8, 4) is 0 Å². The van der Waals surface area contributed by atoms with Gasteiger partial charge in [0.15, 0.2) is 5.96 Å². The summed E-state index contributed by atoms with van der Waals surface area (Å²) in [5, 5.41) is 3.41. The number of hydrogen-bond donors (Lipinski definition) is 1. The highest BCUT2D eigenvalue weighted by molar-refractivity contribution is 7.99. The summed E-state index contributed by atoms with van der Waals surface area (Å²) in [7, 11) is 1.43. The highest BCUT2D eigenvalue weighted by Gasteiger charge is 2.24. The van der Waals surface area contributed by atoms with E-state index < -0.39 is 0 Å². The first kappa shape index (κ1) is 20.6. The maximum Gasteiger partial charge on any atom is 0.305 e. The molecule has 1 aromatic carbocycles. The van der Waals surface area contributed by atoms with E-state index >= 15 is 0 Å². The molecule has 0 radical (unpaired) electrons. The van der Waals surface area contributed by atoms with Gasteiger partial charge < -0.3 is 15.0 Å². The Labute approximate surface area is 161 Å². The predicted octanol–water partition coefficient (Wildman–Crippen LogP) is 3.41. The largest absolute Gasteiger partial charge is 0.469 e. The number of ether oxygens (including phenoxy) is 1. The number of carbonyl (C=O) groups excluding carboxylic acids is 1. The number of nitrogens with zero attached hydrogens (tertiary/aromatic N) is 2. The summed E-state index contributed by atoms with van der Waals surface area (Å²) >= 11 is 1.94. The van der Waals surface area contributed by atoms with Gasteiger partial charge in [0.25, 0.3) is 0 Å². The van der Waals surface area contributed by atoms with E-state index in [-0.39, 0.29) is 5.97 Å². The fourth-order valence-corrected chi connectivity index (χ4v) is 4.04. The molecule has 1 atom stereocenters. The molecule has 1 heterocycles. The second-order valence-electron chi connectivity index (χ2n) is 6.49. The van der Waals surface area contributed by atoms with Gasteiger partial charge in [0.05, 0.1) is 7.11 Å². The molecule has 1 fully saturated rings. The molecule has 0 bridgehead atoms. The quantitative estimate of drug-likeness (QED) is 0.235. The maximum absolute atomic E-state index is 11.1. The van der Waals surface area contributed by atoms with Crippen LogP contribution in [0.5, 0.6) is 0 Å². The summed E-state index contributed by atoms with van der Waals surface area (Å²) in [6.07, 6.45) is 3.43. The van der Waals surface area contributed by atoms with Gasteiger partial charge in [-0.3, -0.25) is 9.79 Å². The maximum atomic E-state index is 11.1. The molecule has 1 aliphatic heterocycles. The number of unbranched alkanes of at least 4 members (excludes halogenated alkanes) is 1. The van der Waals surface area contributed by atoms with Gasteiger partial charge in [0, 0.05) is 43.2 Å². The number of likely N-dealkylation sites (tertiary alicyclic amines) is 1.